The van der Waals surface area contributed by atoms with E-state index in [-0.39, 0.29) is 11.7 Å². The fourth-order valence-corrected chi connectivity index (χ4v) is 1.59. The summed E-state index contributed by atoms with van der Waals surface area (Å²) in [4.78, 5) is 11.3. The highest BCUT2D eigenvalue weighted by molar-refractivity contribution is 6.02. The van der Waals surface area contributed by atoms with Gasteiger partial charge in [0.05, 0.1) is 5.92 Å². The average Bonchev–Trinajstić information content (AvgIpc) is 2.42. The number of ether oxygens (including phenoxy) is 1. The summed E-state index contributed by atoms with van der Waals surface area (Å²) in [6.07, 6.45) is -4.71. The number of rotatable bonds is 1. The highest BCUT2D eigenvalue weighted by Gasteiger charge is 2.33. The standard InChI is InChI=1S/C10H8F3NO2/c1-5-7-4-6(16-10(11,12)13)2-3-8(7)14-9(5)15/h2-5H,1H3,(H,14,15)/t5-/m1/s1. The van der Waals surface area contributed by atoms with Crippen molar-refractivity contribution < 1.29 is 22.7 Å². The van der Waals surface area contributed by atoms with Crippen LogP contribution < -0.4 is 10.1 Å². The minimum atomic E-state index is -4.71. The Balaban J connectivity index is 2.31. The Morgan fingerprint density at radius 2 is 2.06 bits per heavy atom. The second-order valence-electron chi connectivity index (χ2n) is 3.51. The molecule has 6 heteroatoms. The number of hydrogen-bond donors (Lipinski definition) is 1. The Bertz CT molecular complexity index is 442. The van der Waals surface area contributed by atoms with E-state index in [4.69, 9.17) is 0 Å². The predicted molar refractivity (Wildman–Crippen MR) is 50.2 cm³/mol. The first-order valence-electron chi connectivity index (χ1n) is 4.57. The zero-order chi connectivity index (χ0) is 11.9. The molecule has 0 spiro atoms. The molecule has 1 heterocycles. The van der Waals surface area contributed by atoms with Gasteiger partial charge in [0.15, 0.2) is 0 Å². The van der Waals surface area contributed by atoms with Crippen molar-refractivity contribution in [3.63, 3.8) is 0 Å². The fourth-order valence-electron chi connectivity index (χ4n) is 1.59. The van der Waals surface area contributed by atoms with Crippen LogP contribution in [0.4, 0.5) is 18.9 Å². The first kappa shape index (κ1) is 10.8. The van der Waals surface area contributed by atoms with Crippen molar-refractivity contribution in [3.05, 3.63) is 23.8 Å². The Kier molecular flexibility index (Phi) is 2.29. The summed E-state index contributed by atoms with van der Waals surface area (Å²) in [5, 5.41) is 2.56. The van der Waals surface area contributed by atoms with Crippen molar-refractivity contribution in [2.24, 2.45) is 0 Å². The van der Waals surface area contributed by atoms with E-state index in [1.165, 1.54) is 18.2 Å². The molecule has 86 valence electrons. The normalized spacial score (nSPS) is 19.2. The topological polar surface area (TPSA) is 38.3 Å². The number of fused-ring (bicyclic) bond motifs is 1. The zero-order valence-electron chi connectivity index (χ0n) is 8.26. The highest BCUT2D eigenvalue weighted by atomic mass is 19.4. The van der Waals surface area contributed by atoms with Gasteiger partial charge in [0.2, 0.25) is 5.91 Å². The van der Waals surface area contributed by atoms with E-state index in [9.17, 15) is 18.0 Å². The number of nitrogens with one attached hydrogen (secondary N) is 1. The molecule has 3 nitrogen and oxygen atoms in total. The molecule has 0 aliphatic carbocycles. The highest BCUT2D eigenvalue weighted by Crippen LogP contribution is 2.36. The maximum atomic E-state index is 12.0. The van der Waals surface area contributed by atoms with Gasteiger partial charge in [-0.25, -0.2) is 0 Å². The summed E-state index contributed by atoms with van der Waals surface area (Å²) in [7, 11) is 0. The van der Waals surface area contributed by atoms with Gasteiger partial charge in [0, 0.05) is 5.69 Å². The molecule has 16 heavy (non-hydrogen) atoms. The summed E-state index contributed by atoms with van der Waals surface area (Å²) in [6, 6.07) is 3.80. The van der Waals surface area contributed by atoms with E-state index < -0.39 is 12.3 Å². The van der Waals surface area contributed by atoms with Gasteiger partial charge < -0.3 is 10.1 Å². The number of carbonyl (C=O) groups is 1. The zero-order valence-corrected chi connectivity index (χ0v) is 8.26. The third-order valence-electron chi connectivity index (χ3n) is 2.37. The fraction of sp³-hybridized carbons (Fsp3) is 0.300. The number of alkyl halides is 3. The van der Waals surface area contributed by atoms with Gasteiger partial charge >= 0.3 is 6.36 Å². The second kappa shape index (κ2) is 3.40. The van der Waals surface area contributed by atoms with E-state index in [1.54, 1.807) is 6.92 Å². The minimum Gasteiger partial charge on any atom is -0.406 e. The monoisotopic (exact) mass is 231 g/mol. The number of amides is 1. The van der Waals surface area contributed by atoms with E-state index in [1.807, 2.05) is 0 Å². The Labute approximate surface area is 89.2 Å². The van der Waals surface area contributed by atoms with Crippen LogP contribution in [-0.2, 0) is 4.79 Å². The molecule has 0 radical (unpaired) electrons. The Morgan fingerprint density at radius 3 is 2.69 bits per heavy atom. The molecule has 0 aromatic heterocycles. The summed E-state index contributed by atoms with van der Waals surface area (Å²) in [6.45, 7) is 1.62. The predicted octanol–water partition coefficient (Wildman–Crippen LogP) is 2.64. The maximum absolute atomic E-state index is 12.0. The molecule has 1 N–H and O–H groups in total. The SMILES string of the molecule is C[C@H]1C(=O)Nc2ccc(OC(F)(F)F)cc21. The van der Waals surface area contributed by atoms with Gasteiger partial charge in [-0.1, -0.05) is 0 Å². The minimum absolute atomic E-state index is 0.223. The van der Waals surface area contributed by atoms with Crippen LogP contribution in [0.15, 0.2) is 18.2 Å². The molecule has 1 aromatic carbocycles. The molecule has 1 amide bonds. The lowest BCUT2D eigenvalue weighted by molar-refractivity contribution is -0.274. The van der Waals surface area contributed by atoms with E-state index in [0.29, 0.717) is 11.3 Å². The third kappa shape index (κ3) is 1.95. The van der Waals surface area contributed by atoms with Gasteiger partial charge in [-0.15, -0.1) is 13.2 Å². The third-order valence-corrected chi connectivity index (χ3v) is 2.37. The smallest absolute Gasteiger partial charge is 0.406 e. The molecule has 0 bridgehead atoms. The van der Waals surface area contributed by atoms with E-state index >= 15 is 0 Å². The van der Waals surface area contributed by atoms with Crippen LogP contribution in [0.5, 0.6) is 5.75 Å². The van der Waals surface area contributed by atoms with Gasteiger partial charge in [0.1, 0.15) is 5.75 Å². The van der Waals surface area contributed by atoms with Crippen LogP contribution in [0.1, 0.15) is 18.4 Å². The summed E-state index contributed by atoms with van der Waals surface area (Å²) >= 11 is 0. The lowest BCUT2D eigenvalue weighted by atomic mass is 10.0. The van der Waals surface area contributed by atoms with Crippen LogP contribution in [0.2, 0.25) is 0 Å². The number of halogens is 3. The molecule has 0 fully saturated rings. The maximum Gasteiger partial charge on any atom is 0.573 e. The Hall–Kier alpha value is -1.72. The lowest BCUT2D eigenvalue weighted by Gasteiger charge is -2.10. The molecule has 1 aliphatic heterocycles. The van der Waals surface area contributed by atoms with E-state index in [0.717, 1.165) is 0 Å². The first-order chi connectivity index (χ1) is 7.37. The van der Waals surface area contributed by atoms with Crippen molar-refractivity contribution in [2.75, 3.05) is 5.32 Å². The quantitative estimate of drug-likeness (QED) is 0.806. The van der Waals surface area contributed by atoms with Crippen molar-refractivity contribution in [2.45, 2.75) is 19.2 Å². The number of hydrogen-bond acceptors (Lipinski definition) is 2. The molecule has 1 aliphatic rings. The van der Waals surface area contributed by atoms with Crippen molar-refractivity contribution in [3.8, 4) is 5.75 Å². The molecule has 0 saturated heterocycles. The molecule has 0 unspecified atom stereocenters. The summed E-state index contributed by atoms with van der Waals surface area (Å²) < 4.78 is 39.7. The second-order valence-corrected chi connectivity index (χ2v) is 3.51. The summed E-state index contributed by atoms with van der Waals surface area (Å²) in [5.41, 5.74) is 1.05. The van der Waals surface area contributed by atoms with E-state index in [2.05, 4.69) is 10.1 Å². The first-order valence-corrected chi connectivity index (χ1v) is 4.57. The number of carbonyl (C=O) groups excluding carboxylic acids is 1. The number of benzene rings is 1. The lowest BCUT2D eigenvalue weighted by Crippen LogP contribution is -2.17. The molecule has 1 atom stereocenters. The molecule has 0 saturated carbocycles. The average molecular weight is 231 g/mol. The van der Waals surface area contributed by atoms with Gasteiger partial charge in [0.25, 0.3) is 0 Å². The molecular weight excluding hydrogens is 223 g/mol. The van der Waals surface area contributed by atoms with Crippen LogP contribution in [-0.4, -0.2) is 12.3 Å². The molecule has 1 aromatic rings. The number of anilines is 1. The largest absolute Gasteiger partial charge is 0.573 e. The van der Waals surface area contributed by atoms with Crippen molar-refractivity contribution >= 4 is 11.6 Å². The van der Waals surface area contributed by atoms with Crippen LogP contribution in [0, 0.1) is 0 Å². The molecular formula is C10H8F3NO2. The van der Waals surface area contributed by atoms with Gasteiger partial charge in [-0.3, -0.25) is 4.79 Å². The Morgan fingerprint density at radius 1 is 1.38 bits per heavy atom. The van der Waals surface area contributed by atoms with Crippen molar-refractivity contribution in [1.82, 2.24) is 0 Å². The van der Waals surface area contributed by atoms with Gasteiger partial charge in [-0.05, 0) is 30.7 Å². The van der Waals surface area contributed by atoms with Crippen LogP contribution >= 0.6 is 0 Å². The van der Waals surface area contributed by atoms with Gasteiger partial charge in [-0.2, -0.15) is 0 Å². The van der Waals surface area contributed by atoms with Crippen LogP contribution in [0.3, 0.4) is 0 Å². The summed E-state index contributed by atoms with van der Waals surface area (Å²) in [5.74, 6) is -0.986. The van der Waals surface area contributed by atoms with Crippen LogP contribution in [0.25, 0.3) is 0 Å². The molecule has 2 rings (SSSR count). The van der Waals surface area contributed by atoms with Crippen molar-refractivity contribution in [1.29, 1.82) is 0 Å².